The van der Waals surface area contributed by atoms with Crippen molar-refractivity contribution in [3.63, 3.8) is 0 Å². The molecule has 2 rings (SSSR count). The van der Waals surface area contributed by atoms with Gasteiger partial charge in [-0.1, -0.05) is 31.2 Å². The Labute approximate surface area is 139 Å². The molecule has 6 nitrogen and oxygen atoms in total. The van der Waals surface area contributed by atoms with Crippen LogP contribution in [0.4, 0.5) is 4.39 Å². The molecule has 0 aromatic rings. The number of carbonyl (C=O) groups is 1. The molecule has 2 aliphatic rings. The summed E-state index contributed by atoms with van der Waals surface area (Å²) in [4.78, 5) is 12.3. The van der Waals surface area contributed by atoms with Gasteiger partial charge in [0.25, 0.3) is 5.00 Å². The predicted molar refractivity (Wildman–Crippen MR) is 81.7 cm³/mol. The predicted octanol–water partition coefficient (Wildman–Crippen LogP) is 3.39. The van der Waals surface area contributed by atoms with Gasteiger partial charge in [0.05, 0.1) is 18.1 Å². The number of rotatable bonds is 10. The summed E-state index contributed by atoms with van der Waals surface area (Å²) >= 11 is 0.0996. The Bertz CT molecular complexity index is 396. The maximum atomic E-state index is 14.9. The van der Waals surface area contributed by atoms with Gasteiger partial charge < -0.3 is 9.84 Å². The lowest BCUT2D eigenvalue weighted by Gasteiger charge is -2.29. The van der Waals surface area contributed by atoms with E-state index in [9.17, 15) is 14.3 Å². The number of halogens is 1. The summed E-state index contributed by atoms with van der Waals surface area (Å²) in [5.41, 5.74) is 0. The first-order chi connectivity index (χ1) is 11.0. The molecule has 0 aromatic heterocycles. The highest BCUT2D eigenvalue weighted by molar-refractivity contribution is 7.96. The highest BCUT2D eigenvalue weighted by atomic mass is 32.2. The molecule has 0 aromatic carbocycles. The molecule has 0 aliphatic heterocycles. The standard InChI is InChI=1S/C15H25FO6S/c1-2-3-4-5-8-15(16,23-22-21-19)14(18)20-13-11-7-6-10(9-11)12(13)17/h10-13,17,19H,2-9H2,1H3. The Balaban J connectivity index is 1.92. The van der Waals surface area contributed by atoms with Crippen LogP contribution in [0.15, 0.2) is 0 Å². The number of carbonyl (C=O) groups excluding carboxylic acids is 1. The zero-order valence-electron chi connectivity index (χ0n) is 13.3. The minimum Gasteiger partial charge on any atom is -0.456 e. The highest BCUT2D eigenvalue weighted by Gasteiger charge is 2.52. The van der Waals surface area contributed by atoms with Gasteiger partial charge in [0.1, 0.15) is 6.10 Å². The molecule has 8 heteroatoms. The summed E-state index contributed by atoms with van der Waals surface area (Å²) in [6, 6.07) is 0. The third-order valence-electron chi connectivity index (χ3n) is 4.89. The lowest BCUT2D eigenvalue weighted by Crippen LogP contribution is -2.42. The van der Waals surface area contributed by atoms with Crippen LogP contribution < -0.4 is 0 Å². The highest BCUT2D eigenvalue weighted by Crippen LogP contribution is 2.47. The van der Waals surface area contributed by atoms with Crippen molar-refractivity contribution in [3.05, 3.63) is 0 Å². The summed E-state index contributed by atoms with van der Waals surface area (Å²) in [5, 5.41) is 19.3. The maximum absolute atomic E-state index is 14.9. The fourth-order valence-electron chi connectivity index (χ4n) is 3.61. The number of alkyl halides is 1. The Morgan fingerprint density at radius 3 is 2.65 bits per heavy atom. The van der Waals surface area contributed by atoms with Crippen molar-refractivity contribution < 1.29 is 33.7 Å². The van der Waals surface area contributed by atoms with Crippen molar-refractivity contribution in [2.75, 3.05) is 0 Å². The molecular formula is C15H25FO6S. The van der Waals surface area contributed by atoms with E-state index in [1.807, 2.05) is 6.92 Å². The Hall–Kier alpha value is -0.410. The molecule has 134 valence electrons. The number of aliphatic hydroxyl groups is 1. The van der Waals surface area contributed by atoms with Crippen molar-refractivity contribution in [1.29, 1.82) is 0 Å². The van der Waals surface area contributed by atoms with Crippen LogP contribution in [0.3, 0.4) is 0 Å². The van der Waals surface area contributed by atoms with Gasteiger partial charge in [-0.2, -0.15) is 0 Å². The summed E-state index contributed by atoms with van der Waals surface area (Å²) in [7, 11) is 0. The van der Waals surface area contributed by atoms with E-state index < -0.39 is 23.2 Å². The van der Waals surface area contributed by atoms with Gasteiger partial charge in [0.15, 0.2) is 0 Å². The number of aliphatic hydroxyl groups excluding tert-OH is 1. The molecule has 0 heterocycles. The van der Waals surface area contributed by atoms with E-state index in [1.165, 1.54) is 0 Å². The van der Waals surface area contributed by atoms with E-state index in [1.54, 1.807) is 0 Å². The van der Waals surface area contributed by atoms with Crippen LogP contribution in [0, 0.1) is 11.8 Å². The summed E-state index contributed by atoms with van der Waals surface area (Å²) in [5.74, 6) is -0.836. The van der Waals surface area contributed by atoms with E-state index >= 15 is 0 Å². The van der Waals surface area contributed by atoms with Gasteiger partial charge in [-0.15, -0.1) is 4.33 Å². The average Bonchev–Trinajstić information content (AvgIpc) is 3.13. The molecule has 0 radical (unpaired) electrons. The zero-order valence-corrected chi connectivity index (χ0v) is 14.1. The van der Waals surface area contributed by atoms with Crippen LogP contribution in [-0.2, 0) is 18.9 Å². The van der Waals surface area contributed by atoms with E-state index in [0.717, 1.165) is 38.5 Å². The fraction of sp³-hybridized carbons (Fsp3) is 0.933. The molecule has 5 atom stereocenters. The van der Waals surface area contributed by atoms with Gasteiger partial charge in [-0.25, -0.2) is 14.4 Å². The zero-order chi connectivity index (χ0) is 16.9. The summed E-state index contributed by atoms with van der Waals surface area (Å²) in [6.07, 6.45) is 4.36. The van der Waals surface area contributed by atoms with Crippen LogP contribution >= 0.6 is 12.0 Å². The van der Waals surface area contributed by atoms with Crippen molar-refractivity contribution in [1.82, 2.24) is 0 Å². The Kier molecular flexibility index (Phi) is 7.09. The number of hydrogen-bond donors (Lipinski definition) is 2. The number of esters is 1. The topological polar surface area (TPSA) is 85.2 Å². The number of hydrogen-bond acceptors (Lipinski definition) is 7. The Morgan fingerprint density at radius 1 is 1.30 bits per heavy atom. The number of unbranched alkanes of at least 4 members (excludes halogenated alkanes) is 3. The molecule has 0 amide bonds. The summed E-state index contributed by atoms with van der Waals surface area (Å²) < 4.78 is 24.4. The smallest absolute Gasteiger partial charge is 0.357 e. The largest absolute Gasteiger partial charge is 0.456 e. The van der Waals surface area contributed by atoms with Crippen LogP contribution in [0.1, 0.15) is 58.3 Å². The third-order valence-corrected chi connectivity index (χ3v) is 5.66. The van der Waals surface area contributed by atoms with Crippen molar-refractivity contribution in [2.45, 2.75) is 75.5 Å². The molecular weight excluding hydrogens is 327 g/mol. The van der Waals surface area contributed by atoms with Gasteiger partial charge >= 0.3 is 5.97 Å². The van der Waals surface area contributed by atoms with Crippen molar-refractivity contribution >= 4 is 18.0 Å². The molecule has 2 fully saturated rings. The fourth-order valence-corrected chi connectivity index (χ4v) is 4.09. The third kappa shape index (κ3) is 4.57. The number of ether oxygens (including phenoxy) is 1. The minimum atomic E-state index is -2.46. The SMILES string of the molecule is CCCCCCC(F)(SOOO)C(=O)OC1C2CCC(C2)C1O. The van der Waals surface area contributed by atoms with Gasteiger partial charge in [0, 0.05) is 6.42 Å². The maximum Gasteiger partial charge on any atom is 0.357 e. The minimum absolute atomic E-state index is 0.0996. The summed E-state index contributed by atoms with van der Waals surface area (Å²) in [6.45, 7) is 2.03. The second kappa shape index (κ2) is 8.62. The van der Waals surface area contributed by atoms with Crippen LogP contribution in [0.5, 0.6) is 0 Å². The first-order valence-corrected chi connectivity index (χ1v) is 9.00. The van der Waals surface area contributed by atoms with E-state index in [2.05, 4.69) is 9.37 Å². The first kappa shape index (κ1) is 18.9. The lowest BCUT2D eigenvalue weighted by atomic mass is 9.95. The molecule has 23 heavy (non-hydrogen) atoms. The second-order valence-corrected chi connectivity index (χ2v) is 7.41. The quantitative estimate of drug-likeness (QED) is 0.205. The van der Waals surface area contributed by atoms with E-state index in [0.29, 0.717) is 6.42 Å². The van der Waals surface area contributed by atoms with Gasteiger partial charge in [-0.05, 0) is 37.5 Å². The normalized spacial score (nSPS) is 32.0. The van der Waals surface area contributed by atoms with Crippen LogP contribution in [-0.4, -0.2) is 33.5 Å². The first-order valence-electron chi connectivity index (χ1n) is 8.25. The second-order valence-electron chi connectivity index (χ2n) is 6.46. The molecule has 2 aliphatic carbocycles. The van der Waals surface area contributed by atoms with E-state index in [4.69, 9.17) is 9.99 Å². The molecule has 0 spiro atoms. The van der Waals surface area contributed by atoms with E-state index in [-0.39, 0.29) is 30.3 Å². The van der Waals surface area contributed by atoms with Gasteiger partial charge in [0.2, 0.25) is 0 Å². The molecule has 2 bridgehead atoms. The monoisotopic (exact) mass is 352 g/mol. The molecule has 0 saturated heterocycles. The van der Waals surface area contributed by atoms with Gasteiger partial charge in [-0.3, -0.25) is 0 Å². The Morgan fingerprint density at radius 2 is 2.04 bits per heavy atom. The lowest BCUT2D eigenvalue weighted by molar-refractivity contribution is -0.432. The molecule has 5 unspecified atom stereocenters. The molecule has 2 N–H and O–H groups in total. The molecule has 2 saturated carbocycles. The average molecular weight is 352 g/mol. The number of fused-ring (bicyclic) bond motifs is 2. The van der Waals surface area contributed by atoms with Crippen molar-refractivity contribution in [2.24, 2.45) is 11.8 Å². The van der Waals surface area contributed by atoms with Crippen LogP contribution in [0.2, 0.25) is 0 Å². The van der Waals surface area contributed by atoms with Crippen LogP contribution in [0.25, 0.3) is 0 Å². The van der Waals surface area contributed by atoms with Crippen molar-refractivity contribution in [3.8, 4) is 0 Å².